The molecular formula is C13H24N4O. The largest absolute Gasteiger partial charge is 0.338 e. The van der Waals surface area contributed by atoms with Crippen LogP contribution in [0.5, 0.6) is 0 Å². The molecule has 1 aliphatic rings. The molecule has 5 heteroatoms. The first-order valence-electron chi connectivity index (χ1n) is 6.92. The molecule has 1 fully saturated rings. The van der Waals surface area contributed by atoms with Crippen LogP contribution in [0.2, 0.25) is 0 Å². The summed E-state index contributed by atoms with van der Waals surface area (Å²) in [5, 5.41) is 7.33. The van der Waals surface area contributed by atoms with Crippen molar-refractivity contribution >= 4 is 0 Å². The number of likely N-dealkylation sites (tertiary alicyclic amines) is 1. The quantitative estimate of drug-likeness (QED) is 0.884. The van der Waals surface area contributed by atoms with Crippen LogP contribution in [0.15, 0.2) is 4.52 Å². The van der Waals surface area contributed by atoms with E-state index in [-0.39, 0.29) is 0 Å². The average Bonchev–Trinajstić information content (AvgIpc) is 2.62. The van der Waals surface area contributed by atoms with Crippen molar-refractivity contribution in [1.82, 2.24) is 20.4 Å². The van der Waals surface area contributed by atoms with E-state index in [1.165, 1.54) is 32.4 Å². The molecule has 0 amide bonds. The standard InChI is InChI=1S/C13H24N4O/c1-10(2)17-7-4-5-12(6-8-17)14-9-13-15-11(3)16-18-13/h10,12,14H,4-9H2,1-3H3. The van der Waals surface area contributed by atoms with Crippen LogP contribution < -0.4 is 5.32 Å². The van der Waals surface area contributed by atoms with Crippen LogP contribution in [0, 0.1) is 6.92 Å². The van der Waals surface area contributed by atoms with Gasteiger partial charge in [0.1, 0.15) is 0 Å². The molecule has 0 aromatic carbocycles. The summed E-state index contributed by atoms with van der Waals surface area (Å²) in [7, 11) is 0. The number of nitrogens with zero attached hydrogens (tertiary/aromatic N) is 3. The lowest BCUT2D eigenvalue weighted by Gasteiger charge is -2.24. The van der Waals surface area contributed by atoms with Crippen molar-refractivity contribution in [3.05, 3.63) is 11.7 Å². The number of aromatic nitrogens is 2. The van der Waals surface area contributed by atoms with Gasteiger partial charge in [-0.15, -0.1) is 0 Å². The molecule has 2 rings (SSSR count). The van der Waals surface area contributed by atoms with Crippen molar-refractivity contribution in [2.75, 3.05) is 13.1 Å². The third-order valence-electron chi connectivity index (χ3n) is 3.60. The molecule has 1 N–H and O–H groups in total. The van der Waals surface area contributed by atoms with Crippen molar-refractivity contribution in [2.24, 2.45) is 0 Å². The SMILES string of the molecule is Cc1noc(CNC2CCCN(C(C)C)CC2)n1. The topological polar surface area (TPSA) is 54.2 Å². The fourth-order valence-corrected chi connectivity index (χ4v) is 2.48. The van der Waals surface area contributed by atoms with Gasteiger partial charge in [-0.25, -0.2) is 0 Å². The Morgan fingerprint density at radius 1 is 1.39 bits per heavy atom. The van der Waals surface area contributed by atoms with E-state index in [0.717, 1.165) is 0 Å². The normalized spacial score (nSPS) is 22.3. The molecule has 2 heterocycles. The lowest BCUT2D eigenvalue weighted by molar-refractivity contribution is 0.228. The highest BCUT2D eigenvalue weighted by Crippen LogP contribution is 2.13. The predicted octanol–water partition coefficient (Wildman–Crippen LogP) is 1.73. The lowest BCUT2D eigenvalue weighted by atomic mass is 10.1. The van der Waals surface area contributed by atoms with Crippen LogP contribution in [0.3, 0.4) is 0 Å². The Balaban J connectivity index is 1.77. The molecule has 0 saturated carbocycles. The number of aryl methyl sites for hydroxylation is 1. The van der Waals surface area contributed by atoms with Crippen LogP contribution in [0.4, 0.5) is 0 Å². The zero-order valence-electron chi connectivity index (χ0n) is 11.6. The predicted molar refractivity (Wildman–Crippen MR) is 70.2 cm³/mol. The van der Waals surface area contributed by atoms with Gasteiger partial charge in [0.2, 0.25) is 5.89 Å². The van der Waals surface area contributed by atoms with E-state index < -0.39 is 0 Å². The summed E-state index contributed by atoms with van der Waals surface area (Å²) in [5.74, 6) is 1.40. The van der Waals surface area contributed by atoms with Gasteiger partial charge in [-0.3, -0.25) is 0 Å². The molecule has 1 aliphatic heterocycles. The van der Waals surface area contributed by atoms with E-state index in [1.54, 1.807) is 0 Å². The Labute approximate surface area is 109 Å². The Bertz CT molecular complexity index is 364. The van der Waals surface area contributed by atoms with Crippen LogP contribution in [-0.4, -0.2) is 40.2 Å². The van der Waals surface area contributed by atoms with Crippen molar-refractivity contribution in [1.29, 1.82) is 0 Å². The van der Waals surface area contributed by atoms with Gasteiger partial charge in [-0.1, -0.05) is 5.16 Å². The van der Waals surface area contributed by atoms with Gasteiger partial charge in [0.25, 0.3) is 0 Å². The van der Waals surface area contributed by atoms with E-state index in [9.17, 15) is 0 Å². The first-order chi connectivity index (χ1) is 8.65. The maximum atomic E-state index is 5.11. The molecule has 1 aromatic heterocycles. The zero-order valence-corrected chi connectivity index (χ0v) is 11.6. The summed E-state index contributed by atoms with van der Waals surface area (Å²) >= 11 is 0. The summed E-state index contributed by atoms with van der Waals surface area (Å²) in [4.78, 5) is 6.77. The Hall–Kier alpha value is -0.940. The van der Waals surface area contributed by atoms with E-state index in [1.807, 2.05) is 6.92 Å². The minimum Gasteiger partial charge on any atom is -0.338 e. The first kappa shape index (κ1) is 13.5. The lowest BCUT2D eigenvalue weighted by Crippen LogP contribution is -2.33. The Morgan fingerprint density at radius 3 is 2.89 bits per heavy atom. The fraction of sp³-hybridized carbons (Fsp3) is 0.846. The molecule has 0 spiro atoms. The number of nitrogens with one attached hydrogen (secondary N) is 1. The monoisotopic (exact) mass is 252 g/mol. The number of hydrogen-bond donors (Lipinski definition) is 1. The van der Waals surface area contributed by atoms with Crippen LogP contribution in [-0.2, 0) is 6.54 Å². The molecule has 1 aromatic rings. The maximum absolute atomic E-state index is 5.11. The zero-order chi connectivity index (χ0) is 13.0. The van der Waals surface area contributed by atoms with Gasteiger partial charge in [0, 0.05) is 12.1 Å². The van der Waals surface area contributed by atoms with E-state index in [2.05, 4.69) is 34.2 Å². The van der Waals surface area contributed by atoms with E-state index in [0.29, 0.717) is 30.3 Å². The van der Waals surface area contributed by atoms with E-state index >= 15 is 0 Å². The highest BCUT2D eigenvalue weighted by atomic mass is 16.5. The van der Waals surface area contributed by atoms with Crippen molar-refractivity contribution < 1.29 is 4.52 Å². The third-order valence-corrected chi connectivity index (χ3v) is 3.60. The molecule has 0 radical (unpaired) electrons. The molecule has 1 atom stereocenters. The van der Waals surface area contributed by atoms with Crippen LogP contribution in [0.1, 0.15) is 44.8 Å². The molecule has 5 nitrogen and oxygen atoms in total. The summed E-state index contributed by atoms with van der Waals surface area (Å²) in [6.45, 7) is 9.48. The highest BCUT2D eigenvalue weighted by molar-refractivity contribution is 4.84. The smallest absolute Gasteiger partial charge is 0.240 e. The Kier molecular flexibility index (Phi) is 4.72. The van der Waals surface area contributed by atoms with Crippen LogP contribution in [0.25, 0.3) is 0 Å². The highest BCUT2D eigenvalue weighted by Gasteiger charge is 2.18. The van der Waals surface area contributed by atoms with Gasteiger partial charge in [0.05, 0.1) is 6.54 Å². The fourth-order valence-electron chi connectivity index (χ4n) is 2.48. The van der Waals surface area contributed by atoms with Crippen molar-refractivity contribution in [3.8, 4) is 0 Å². The average molecular weight is 252 g/mol. The third kappa shape index (κ3) is 3.78. The first-order valence-corrected chi connectivity index (χ1v) is 6.92. The molecule has 0 bridgehead atoms. The van der Waals surface area contributed by atoms with Gasteiger partial charge in [0.15, 0.2) is 5.82 Å². The Morgan fingerprint density at radius 2 is 2.22 bits per heavy atom. The summed E-state index contributed by atoms with van der Waals surface area (Å²) in [5.41, 5.74) is 0. The maximum Gasteiger partial charge on any atom is 0.240 e. The van der Waals surface area contributed by atoms with Gasteiger partial charge in [-0.05, 0) is 53.1 Å². The summed E-state index contributed by atoms with van der Waals surface area (Å²) in [6.07, 6.45) is 3.69. The molecule has 18 heavy (non-hydrogen) atoms. The van der Waals surface area contributed by atoms with Crippen molar-refractivity contribution in [3.63, 3.8) is 0 Å². The summed E-state index contributed by atoms with van der Waals surface area (Å²) < 4.78 is 5.11. The minimum absolute atomic E-state index is 0.570. The summed E-state index contributed by atoms with van der Waals surface area (Å²) in [6, 6.07) is 1.23. The molecule has 102 valence electrons. The van der Waals surface area contributed by atoms with Gasteiger partial charge < -0.3 is 14.7 Å². The van der Waals surface area contributed by atoms with E-state index in [4.69, 9.17) is 4.52 Å². The molecule has 0 aliphatic carbocycles. The van der Waals surface area contributed by atoms with Crippen LogP contribution >= 0.6 is 0 Å². The second-order valence-corrected chi connectivity index (χ2v) is 5.37. The van der Waals surface area contributed by atoms with Gasteiger partial charge in [-0.2, -0.15) is 4.98 Å². The molecule has 1 unspecified atom stereocenters. The second kappa shape index (κ2) is 6.29. The molecule has 1 saturated heterocycles. The molecular weight excluding hydrogens is 228 g/mol. The minimum atomic E-state index is 0.570. The number of rotatable bonds is 4. The van der Waals surface area contributed by atoms with Gasteiger partial charge >= 0.3 is 0 Å². The number of hydrogen-bond acceptors (Lipinski definition) is 5. The second-order valence-electron chi connectivity index (χ2n) is 5.37. The van der Waals surface area contributed by atoms with Crippen molar-refractivity contribution in [2.45, 2.75) is 58.7 Å².